The summed E-state index contributed by atoms with van der Waals surface area (Å²) in [5, 5.41) is 25.2. The Hall–Kier alpha value is -2.86. The van der Waals surface area contributed by atoms with Gasteiger partial charge in [-0.15, -0.1) is 0 Å². The van der Waals surface area contributed by atoms with E-state index in [4.69, 9.17) is 5.26 Å². The van der Waals surface area contributed by atoms with Gasteiger partial charge in [0.1, 0.15) is 0 Å². The van der Waals surface area contributed by atoms with Crippen molar-refractivity contribution in [3.05, 3.63) is 47.3 Å². The van der Waals surface area contributed by atoms with Gasteiger partial charge in [0, 0.05) is 11.9 Å². The van der Waals surface area contributed by atoms with E-state index in [1.807, 2.05) is 0 Å². The standard InChI is InChI=1S/C16H15F3N4O2/c1-10-7-21-23(8-10)9-15(2,25)14(24)22-12-4-3-11(6-20)13(5-12)16(17,18)19/h3-5,7-8,25H,9H2,1-2H3,(H,22,24). The van der Waals surface area contributed by atoms with Crippen molar-refractivity contribution in [1.82, 2.24) is 9.78 Å². The summed E-state index contributed by atoms with van der Waals surface area (Å²) >= 11 is 0. The van der Waals surface area contributed by atoms with Gasteiger partial charge in [-0.2, -0.15) is 23.5 Å². The van der Waals surface area contributed by atoms with Crippen molar-refractivity contribution in [2.24, 2.45) is 0 Å². The molecular weight excluding hydrogens is 337 g/mol. The minimum atomic E-state index is -4.74. The summed E-state index contributed by atoms with van der Waals surface area (Å²) in [6, 6.07) is 4.24. The van der Waals surface area contributed by atoms with E-state index in [1.54, 1.807) is 19.3 Å². The number of aryl methyl sites for hydroxylation is 1. The monoisotopic (exact) mass is 352 g/mol. The fourth-order valence-electron chi connectivity index (χ4n) is 2.16. The molecule has 6 nitrogen and oxygen atoms in total. The first-order valence-electron chi connectivity index (χ1n) is 7.17. The zero-order valence-corrected chi connectivity index (χ0v) is 13.4. The molecule has 0 fully saturated rings. The third-order valence-corrected chi connectivity index (χ3v) is 3.42. The van der Waals surface area contributed by atoms with Gasteiger partial charge >= 0.3 is 6.18 Å². The van der Waals surface area contributed by atoms with Crippen LogP contribution in [0.4, 0.5) is 18.9 Å². The normalized spacial score (nSPS) is 13.8. The van der Waals surface area contributed by atoms with Crippen molar-refractivity contribution in [2.45, 2.75) is 32.2 Å². The summed E-state index contributed by atoms with van der Waals surface area (Å²) in [6.45, 7) is 2.84. The maximum absolute atomic E-state index is 13.0. The first kappa shape index (κ1) is 18.5. The Morgan fingerprint density at radius 2 is 2.12 bits per heavy atom. The van der Waals surface area contributed by atoms with E-state index in [-0.39, 0.29) is 12.2 Å². The van der Waals surface area contributed by atoms with Gasteiger partial charge in [-0.25, -0.2) is 0 Å². The number of nitriles is 1. The molecule has 2 rings (SSSR count). The van der Waals surface area contributed by atoms with Crippen LogP contribution in [0.25, 0.3) is 0 Å². The summed E-state index contributed by atoms with van der Waals surface area (Å²) in [7, 11) is 0. The van der Waals surface area contributed by atoms with Crippen LogP contribution in [0.2, 0.25) is 0 Å². The van der Waals surface area contributed by atoms with Crippen molar-refractivity contribution >= 4 is 11.6 Å². The molecule has 2 aromatic rings. The first-order valence-corrected chi connectivity index (χ1v) is 7.17. The number of halogens is 3. The predicted molar refractivity (Wildman–Crippen MR) is 82.4 cm³/mol. The molecule has 0 aliphatic carbocycles. The zero-order valence-electron chi connectivity index (χ0n) is 13.4. The van der Waals surface area contributed by atoms with Crippen LogP contribution in [0.3, 0.4) is 0 Å². The number of amides is 1. The molecule has 0 saturated carbocycles. The summed E-state index contributed by atoms with van der Waals surface area (Å²) in [4.78, 5) is 12.2. The van der Waals surface area contributed by atoms with E-state index in [1.165, 1.54) is 23.7 Å². The summed E-state index contributed by atoms with van der Waals surface area (Å²) < 4.78 is 40.2. The van der Waals surface area contributed by atoms with Crippen LogP contribution in [0.5, 0.6) is 0 Å². The first-order chi connectivity index (χ1) is 11.5. The third kappa shape index (κ3) is 4.36. The molecule has 0 aliphatic heterocycles. The molecular formula is C16H15F3N4O2. The van der Waals surface area contributed by atoms with Gasteiger partial charge in [0.15, 0.2) is 5.60 Å². The predicted octanol–water partition coefficient (Wildman–Crippen LogP) is 2.47. The second-order valence-corrected chi connectivity index (χ2v) is 5.81. The lowest BCUT2D eigenvalue weighted by Crippen LogP contribution is -2.43. The number of nitrogens with zero attached hydrogens (tertiary/aromatic N) is 3. The Kier molecular flexibility index (Phi) is 4.85. The van der Waals surface area contributed by atoms with Crippen LogP contribution < -0.4 is 5.32 Å². The smallest absolute Gasteiger partial charge is 0.378 e. The molecule has 1 amide bonds. The number of anilines is 1. The highest BCUT2D eigenvalue weighted by Crippen LogP contribution is 2.33. The molecule has 1 aromatic carbocycles. The second kappa shape index (κ2) is 6.57. The highest BCUT2D eigenvalue weighted by atomic mass is 19.4. The number of carbonyl (C=O) groups is 1. The lowest BCUT2D eigenvalue weighted by atomic mass is 10.0. The molecule has 132 valence electrons. The molecule has 25 heavy (non-hydrogen) atoms. The molecule has 0 spiro atoms. The van der Waals surface area contributed by atoms with Gasteiger partial charge in [0.2, 0.25) is 0 Å². The van der Waals surface area contributed by atoms with Crippen LogP contribution in [0.1, 0.15) is 23.6 Å². The Labute approximate surface area is 141 Å². The Bertz CT molecular complexity index is 835. The van der Waals surface area contributed by atoms with E-state index in [0.717, 1.165) is 11.6 Å². The van der Waals surface area contributed by atoms with Crippen LogP contribution >= 0.6 is 0 Å². The molecule has 0 bridgehead atoms. The largest absolute Gasteiger partial charge is 0.417 e. The minimum absolute atomic E-state index is 0.172. The number of hydrogen-bond acceptors (Lipinski definition) is 4. The van der Waals surface area contributed by atoms with E-state index in [0.29, 0.717) is 6.07 Å². The Morgan fingerprint density at radius 1 is 1.44 bits per heavy atom. The average Bonchev–Trinajstić information content (AvgIpc) is 2.90. The van der Waals surface area contributed by atoms with E-state index in [9.17, 15) is 23.1 Å². The lowest BCUT2D eigenvalue weighted by molar-refractivity contribution is -0.138. The van der Waals surface area contributed by atoms with E-state index in [2.05, 4.69) is 10.4 Å². The second-order valence-electron chi connectivity index (χ2n) is 5.81. The molecule has 9 heteroatoms. The molecule has 1 aromatic heterocycles. The molecule has 0 saturated heterocycles. The number of aromatic nitrogens is 2. The van der Waals surface area contributed by atoms with Gasteiger partial charge in [0.25, 0.3) is 5.91 Å². The number of alkyl halides is 3. The Morgan fingerprint density at radius 3 is 2.64 bits per heavy atom. The van der Waals surface area contributed by atoms with Crippen molar-refractivity contribution in [3.8, 4) is 6.07 Å². The van der Waals surface area contributed by atoms with Crippen LogP contribution in [0, 0.1) is 18.3 Å². The van der Waals surface area contributed by atoms with Gasteiger partial charge in [0.05, 0.1) is 29.9 Å². The van der Waals surface area contributed by atoms with E-state index < -0.39 is 28.8 Å². The quantitative estimate of drug-likeness (QED) is 0.884. The molecule has 0 radical (unpaired) electrons. The number of rotatable bonds is 4. The average molecular weight is 352 g/mol. The summed E-state index contributed by atoms with van der Waals surface area (Å²) in [5.74, 6) is -0.890. The number of aliphatic hydroxyl groups is 1. The third-order valence-electron chi connectivity index (χ3n) is 3.42. The lowest BCUT2D eigenvalue weighted by Gasteiger charge is -2.22. The highest BCUT2D eigenvalue weighted by molar-refractivity contribution is 5.96. The minimum Gasteiger partial charge on any atom is -0.378 e. The molecule has 0 aliphatic rings. The van der Waals surface area contributed by atoms with Crippen molar-refractivity contribution in [2.75, 3.05) is 5.32 Å². The van der Waals surface area contributed by atoms with Gasteiger partial charge in [-0.05, 0) is 37.6 Å². The maximum Gasteiger partial charge on any atom is 0.417 e. The fourth-order valence-corrected chi connectivity index (χ4v) is 2.16. The van der Waals surface area contributed by atoms with Gasteiger partial charge in [-0.3, -0.25) is 9.48 Å². The van der Waals surface area contributed by atoms with Crippen LogP contribution in [-0.2, 0) is 17.5 Å². The van der Waals surface area contributed by atoms with Crippen LogP contribution in [0.15, 0.2) is 30.6 Å². The van der Waals surface area contributed by atoms with Crippen molar-refractivity contribution in [3.63, 3.8) is 0 Å². The van der Waals surface area contributed by atoms with Crippen LogP contribution in [-0.4, -0.2) is 26.4 Å². The zero-order chi connectivity index (χ0) is 18.8. The molecule has 1 heterocycles. The SMILES string of the molecule is Cc1cnn(CC(C)(O)C(=O)Nc2ccc(C#N)c(C(F)(F)F)c2)c1. The molecule has 2 N–H and O–H groups in total. The summed E-state index contributed by atoms with van der Waals surface area (Å²) in [5.41, 5.74) is -2.95. The summed E-state index contributed by atoms with van der Waals surface area (Å²) in [6.07, 6.45) is -1.57. The van der Waals surface area contributed by atoms with Gasteiger partial charge in [-0.1, -0.05) is 0 Å². The van der Waals surface area contributed by atoms with Gasteiger partial charge < -0.3 is 10.4 Å². The number of nitrogens with one attached hydrogen (secondary N) is 1. The van der Waals surface area contributed by atoms with Crippen molar-refractivity contribution < 1.29 is 23.1 Å². The van der Waals surface area contributed by atoms with E-state index >= 15 is 0 Å². The number of benzene rings is 1. The number of hydrogen-bond donors (Lipinski definition) is 2. The molecule has 1 unspecified atom stereocenters. The highest BCUT2D eigenvalue weighted by Gasteiger charge is 2.35. The molecule has 1 atom stereocenters. The van der Waals surface area contributed by atoms with Crippen molar-refractivity contribution in [1.29, 1.82) is 5.26 Å². The number of carbonyl (C=O) groups excluding carboxylic acids is 1. The Balaban J connectivity index is 2.21. The fraction of sp³-hybridized carbons (Fsp3) is 0.312. The topological polar surface area (TPSA) is 90.9 Å². The maximum atomic E-state index is 13.0.